The summed E-state index contributed by atoms with van der Waals surface area (Å²) in [5.74, 6) is -1.79. The number of carboxylic acids is 1. The Morgan fingerprint density at radius 3 is 2.65 bits per heavy atom. The van der Waals surface area contributed by atoms with Crippen LogP contribution in [0.4, 0.5) is 13.2 Å². The molecule has 2 atom stereocenters. The van der Waals surface area contributed by atoms with Crippen LogP contribution in [0, 0.1) is 5.92 Å². The van der Waals surface area contributed by atoms with Crippen molar-refractivity contribution in [2.24, 2.45) is 11.1 Å². The molecule has 7 nitrogen and oxygen atoms in total. The number of oxime groups is 1. The highest BCUT2D eigenvalue weighted by Crippen LogP contribution is 2.25. The summed E-state index contributed by atoms with van der Waals surface area (Å²) in [7, 11) is 1.61. The van der Waals surface area contributed by atoms with E-state index in [2.05, 4.69) is 15.5 Å². The lowest BCUT2D eigenvalue weighted by Gasteiger charge is -2.07. The molecule has 3 heterocycles. The van der Waals surface area contributed by atoms with Crippen molar-refractivity contribution in [1.29, 1.82) is 0 Å². The van der Waals surface area contributed by atoms with Gasteiger partial charge in [-0.3, -0.25) is 0 Å². The van der Waals surface area contributed by atoms with Gasteiger partial charge in [0.2, 0.25) is 5.88 Å². The van der Waals surface area contributed by atoms with E-state index in [9.17, 15) is 13.2 Å². The van der Waals surface area contributed by atoms with Crippen LogP contribution in [-0.4, -0.2) is 54.3 Å². The quantitative estimate of drug-likeness (QED) is 0.840. The van der Waals surface area contributed by atoms with Crippen molar-refractivity contribution < 1.29 is 32.6 Å². The predicted octanol–water partition coefficient (Wildman–Crippen LogP) is 1.05. The normalized spacial score (nSPS) is 22.3. The first-order chi connectivity index (χ1) is 10.8. The predicted molar refractivity (Wildman–Crippen MR) is 72.2 cm³/mol. The number of aromatic nitrogens is 1. The number of rotatable bonds is 2. The minimum Gasteiger partial charge on any atom is -0.481 e. The number of aliphatic carboxylic acids is 1. The van der Waals surface area contributed by atoms with Crippen molar-refractivity contribution in [2.75, 3.05) is 20.2 Å². The first-order valence-corrected chi connectivity index (χ1v) is 6.58. The molecule has 2 aliphatic heterocycles. The largest absolute Gasteiger partial charge is 0.490 e. The molecule has 23 heavy (non-hydrogen) atoms. The zero-order chi connectivity index (χ0) is 17.0. The van der Waals surface area contributed by atoms with E-state index in [1.54, 1.807) is 13.3 Å². The van der Waals surface area contributed by atoms with Gasteiger partial charge in [0.25, 0.3) is 0 Å². The van der Waals surface area contributed by atoms with Gasteiger partial charge in [0.05, 0.1) is 18.7 Å². The molecule has 1 saturated heterocycles. The number of hydrogen-bond donors (Lipinski definition) is 2. The molecule has 0 amide bonds. The average molecular weight is 333 g/mol. The number of nitrogens with one attached hydrogen (secondary N) is 1. The maximum atomic E-state index is 10.6. The van der Waals surface area contributed by atoms with Crippen LogP contribution in [-0.2, 0) is 9.63 Å². The Morgan fingerprint density at radius 1 is 1.43 bits per heavy atom. The highest BCUT2D eigenvalue weighted by Gasteiger charge is 2.39. The fourth-order valence-corrected chi connectivity index (χ4v) is 2.15. The van der Waals surface area contributed by atoms with Crippen LogP contribution >= 0.6 is 0 Å². The van der Waals surface area contributed by atoms with E-state index in [-0.39, 0.29) is 6.10 Å². The maximum absolute atomic E-state index is 10.6. The fourth-order valence-electron chi connectivity index (χ4n) is 2.15. The third-order valence-electron chi connectivity index (χ3n) is 3.28. The lowest BCUT2D eigenvalue weighted by Crippen LogP contribution is -2.21. The van der Waals surface area contributed by atoms with Crippen LogP contribution in [0.3, 0.4) is 0 Å². The molecule has 2 aliphatic rings. The first-order valence-electron chi connectivity index (χ1n) is 6.58. The van der Waals surface area contributed by atoms with E-state index in [0.29, 0.717) is 11.8 Å². The summed E-state index contributed by atoms with van der Waals surface area (Å²) in [5, 5.41) is 14.6. The van der Waals surface area contributed by atoms with Gasteiger partial charge in [-0.15, -0.1) is 0 Å². The SMILES string of the molecule is COc1ccc(C2=NO[C@@H]3CNC[C@H]23)cn1.O=C(O)C(F)(F)F. The highest BCUT2D eigenvalue weighted by atomic mass is 19.4. The Hall–Kier alpha value is -2.36. The summed E-state index contributed by atoms with van der Waals surface area (Å²) < 4.78 is 36.8. The molecular formula is C13H14F3N3O4. The first kappa shape index (κ1) is 17.0. The van der Waals surface area contributed by atoms with Crippen molar-refractivity contribution in [3.05, 3.63) is 23.9 Å². The van der Waals surface area contributed by atoms with Crippen LogP contribution in [0.5, 0.6) is 5.88 Å². The second kappa shape index (κ2) is 6.82. The Bertz CT molecular complexity index is 589. The Balaban J connectivity index is 0.000000236. The second-order valence-electron chi connectivity index (χ2n) is 4.78. The molecule has 0 aromatic carbocycles. The number of hydrogen-bond acceptors (Lipinski definition) is 6. The summed E-state index contributed by atoms with van der Waals surface area (Å²) in [4.78, 5) is 18.4. The topological polar surface area (TPSA) is 93.0 Å². The van der Waals surface area contributed by atoms with Gasteiger partial charge in [-0.05, 0) is 6.07 Å². The van der Waals surface area contributed by atoms with Gasteiger partial charge in [0.15, 0.2) is 0 Å². The van der Waals surface area contributed by atoms with Gasteiger partial charge in [0.1, 0.15) is 6.10 Å². The molecule has 0 saturated carbocycles. The van der Waals surface area contributed by atoms with Crippen molar-refractivity contribution in [2.45, 2.75) is 12.3 Å². The average Bonchev–Trinajstić information content (AvgIpc) is 3.10. The molecule has 0 radical (unpaired) electrons. The number of alkyl halides is 3. The molecule has 126 valence electrons. The summed E-state index contributed by atoms with van der Waals surface area (Å²) in [5.41, 5.74) is 2.00. The molecule has 10 heteroatoms. The van der Waals surface area contributed by atoms with Gasteiger partial charge >= 0.3 is 12.1 Å². The molecule has 3 rings (SSSR count). The molecule has 0 aliphatic carbocycles. The van der Waals surface area contributed by atoms with E-state index < -0.39 is 12.1 Å². The van der Waals surface area contributed by atoms with Gasteiger partial charge in [0, 0.05) is 30.9 Å². The van der Waals surface area contributed by atoms with Crippen LogP contribution in [0.15, 0.2) is 23.5 Å². The fraction of sp³-hybridized carbons (Fsp3) is 0.462. The molecule has 1 aromatic rings. The second-order valence-corrected chi connectivity index (χ2v) is 4.78. The van der Waals surface area contributed by atoms with Crippen LogP contribution in [0.1, 0.15) is 5.56 Å². The summed E-state index contributed by atoms with van der Waals surface area (Å²) in [6, 6.07) is 3.81. The van der Waals surface area contributed by atoms with E-state index >= 15 is 0 Å². The molecule has 0 bridgehead atoms. The number of carbonyl (C=O) groups is 1. The van der Waals surface area contributed by atoms with E-state index in [4.69, 9.17) is 19.5 Å². The molecular weight excluding hydrogens is 319 g/mol. The molecule has 2 N–H and O–H groups in total. The van der Waals surface area contributed by atoms with Crippen molar-refractivity contribution >= 4 is 11.7 Å². The van der Waals surface area contributed by atoms with Gasteiger partial charge in [-0.2, -0.15) is 13.2 Å². The van der Waals surface area contributed by atoms with Crippen LogP contribution in [0.2, 0.25) is 0 Å². The van der Waals surface area contributed by atoms with Gasteiger partial charge in [-0.1, -0.05) is 5.16 Å². The highest BCUT2D eigenvalue weighted by molar-refractivity contribution is 6.03. The lowest BCUT2D eigenvalue weighted by atomic mass is 9.96. The summed E-state index contributed by atoms with van der Waals surface area (Å²) in [6.45, 7) is 1.80. The standard InChI is InChI=1S/C11H13N3O2.C2HF3O2/c1-15-10-3-2-7(4-13-10)11-8-5-12-6-9(8)16-14-11;3-2(4,5)1(6)7/h2-4,8-9,12H,5-6H2,1H3;(H,6,7)/t8-,9+;/m0./s1. The summed E-state index contributed by atoms with van der Waals surface area (Å²) >= 11 is 0. The number of ether oxygens (including phenoxy) is 1. The van der Waals surface area contributed by atoms with Crippen molar-refractivity contribution in [1.82, 2.24) is 10.3 Å². The molecule has 1 fully saturated rings. The summed E-state index contributed by atoms with van der Waals surface area (Å²) in [6.07, 6.45) is -3.11. The minimum absolute atomic E-state index is 0.192. The monoisotopic (exact) mass is 333 g/mol. The zero-order valence-corrected chi connectivity index (χ0v) is 12.0. The maximum Gasteiger partial charge on any atom is 0.490 e. The Morgan fingerprint density at radius 2 is 2.13 bits per heavy atom. The van der Waals surface area contributed by atoms with Crippen LogP contribution < -0.4 is 10.1 Å². The van der Waals surface area contributed by atoms with Crippen LogP contribution in [0.25, 0.3) is 0 Å². The smallest absolute Gasteiger partial charge is 0.481 e. The number of fused-ring (bicyclic) bond motifs is 1. The number of carboxylic acid groups (broad SMARTS) is 1. The van der Waals surface area contributed by atoms with Crippen molar-refractivity contribution in [3.8, 4) is 5.88 Å². The Labute approximate surface area is 129 Å². The lowest BCUT2D eigenvalue weighted by molar-refractivity contribution is -0.192. The number of pyridine rings is 1. The third-order valence-corrected chi connectivity index (χ3v) is 3.28. The van der Waals surface area contributed by atoms with Gasteiger partial charge < -0.3 is 20.0 Å². The number of nitrogens with zero attached hydrogens (tertiary/aromatic N) is 2. The van der Waals surface area contributed by atoms with Crippen molar-refractivity contribution in [3.63, 3.8) is 0 Å². The molecule has 1 aromatic heterocycles. The van der Waals surface area contributed by atoms with E-state index in [0.717, 1.165) is 24.4 Å². The zero-order valence-electron chi connectivity index (χ0n) is 12.0. The Kier molecular flexibility index (Phi) is 5.04. The van der Waals surface area contributed by atoms with Gasteiger partial charge in [-0.25, -0.2) is 9.78 Å². The third kappa shape index (κ3) is 4.09. The molecule has 0 spiro atoms. The molecule has 0 unspecified atom stereocenters. The van der Waals surface area contributed by atoms with E-state index in [1.807, 2.05) is 12.1 Å². The number of methoxy groups -OCH3 is 1. The van der Waals surface area contributed by atoms with E-state index in [1.165, 1.54) is 0 Å². The minimum atomic E-state index is -5.08. The number of halogens is 3.